The molecule has 0 saturated heterocycles. The van der Waals surface area contributed by atoms with Gasteiger partial charge in [-0.15, -0.1) is 0 Å². The molecule has 0 radical (unpaired) electrons. The molecule has 0 unspecified atom stereocenters. The Balaban J connectivity index is 1.36. The maximum atomic E-state index is 5.13. The second kappa shape index (κ2) is 9.25. The number of imidazole rings is 1. The molecule has 0 fully saturated rings. The molecule has 0 bridgehead atoms. The normalized spacial score (nSPS) is 12.0. The predicted molar refractivity (Wildman–Crippen MR) is 191 cm³/mol. The maximum absolute atomic E-state index is 5.13. The van der Waals surface area contributed by atoms with Crippen molar-refractivity contribution in [3.8, 4) is 22.3 Å². The summed E-state index contributed by atoms with van der Waals surface area (Å²) < 4.78 is 2.35. The van der Waals surface area contributed by atoms with E-state index in [1.807, 2.05) is 0 Å². The van der Waals surface area contributed by atoms with Gasteiger partial charge >= 0.3 is 0 Å². The Morgan fingerprint density at radius 1 is 0.378 bits per heavy atom. The molecule has 208 valence electrons. The van der Waals surface area contributed by atoms with Crippen molar-refractivity contribution in [2.24, 2.45) is 0 Å². The van der Waals surface area contributed by atoms with Crippen molar-refractivity contribution in [3.05, 3.63) is 158 Å². The van der Waals surface area contributed by atoms with Crippen molar-refractivity contribution in [2.45, 2.75) is 0 Å². The first-order valence-corrected chi connectivity index (χ1v) is 15.5. The van der Waals surface area contributed by atoms with E-state index in [0.717, 1.165) is 16.7 Å². The summed E-state index contributed by atoms with van der Waals surface area (Å²) in [6.45, 7) is 0. The molecule has 2 heterocycles. The van der Waals surface area contributed by atoms with Crippen LogP contribution >= 0.6 is 0 Å². The number of hydrogen-bond donors (Lipinski definition) is 0. The van der Waals surface area contributed by atoms with E-state index in [2.05, 4.69) is 162 Å². The van der Waals surface area contributed by atoms with Crippen LogP contribution in [-0.4, -0.2) is 9.38 Å². The summed E-state index contributed by atoms with van der Waals surface area (Å²) in [4.78, 5) is 5.13. The lowest BCUT2D eigenvalue weighted by atomic mass is 9.84. The molecule has 0 aliphatic carbocycles. The second-order valence-corrected chi connectivity index (χ2v) is 11.9. The smallest absolute Gasteiger partial charge is 0.146 e. The van der Waals surface area contributed by atoms with Gasteiger partial charge in [0.05, 0.1) is 16.6 Å². The van der Waals surface area contributed by atoms with Gasteiger partial charge in [0.25, 0.3) is 0 Å². The molecule has 0 amide bonds. The van der Waals surface area contributed by atoms with Gasteiger partial charge in [-0.25, -0.2) is 4.98 Å². The highest BCUT2D eigenvalue weighted by Gasteiger charge is 2.19. The fourth-order valence-corrected chi connectivity index (χ4v) is 7.64. The number of rotatable bonds is 2. The third kappa shape index (κ3) is 3.42. The minimum Gasteiger partial charge on any atom is -0.292 e. The first-order valence-electron chi connectivity index (χ1n) is 15.5. The predicted octanol–water partition coefficient (Wildman–Crippen LogP) is 11.6. The molecule has 45 heavy (non-hydrogen) atoms. The van der Waals surface area contributed by atoms with E-state index in [1.54, 1.807) is 0 Å². The fourth-order valence-electron chi connectivity index (χ4n) is 7.64. The highest BCUT2D eigenvalue weighted by molar-refractivity contribution is 6.24. The number of pyridine rings is 1. The van der Waals surface area contributed by atoms with Crippen molar-refractivity contribution in [2.75, 3.05) is 0 Å². The topological polar surface area (TPSA) is 17.3 Å². The molecule has 2 heteroatoms. The van der Waals surface area contributed by atoms with E-state index in [4.69, 9.17) is 4.98 Å². The minimum atomic E-state index is 0.998. The molecule has 0 spiro atoms. The average Bonchev–Trinajstić information content (AvgIpc) is 3.51. The molecule has 2 nitrogen and oxygen atoms in total. The van der Waals surface area contributed by atoms with Gasteiger partial charge in [0.15, 0.2) is 0 Å². The van der Waals surface area contributed by atoms with Crippen LogP contribution in [0.3, 0.4) is 0 Å². The van der Waals surface area contributed by atoms with Gasteiger partial charge in [-0.05, 0) is 78.2 Å². The van der Waals surface area contributed by atoms with Crippen LogP contribution in [0.1, 0.15) is 0 Å². The summed E-state index contributed by atoms with van der Waals surface area (Å²) in [7, 11) is 0. The van der Waals surface area contributed by atoms with Crippen molar-refractivity contribution in [1.82, 2.24) is 9.38 Å². The number of aromatic nitrogens is 2. The van der Waals surface area contributed by atoms with Gasteiger partial charge in [-0.1, -0.05) is 140 Å². The van der Waals surface area contributed by atoms with Crippen molar-refractivity contribution in [3.63, 3.8) is 0 Å². The zero-order chi connectivity index (χ0) is 29.5. The van der Waals surface area contributed by atoms with Crippen LogP contribution in [0.25, 0.3) is 92.9 Å². The molecular weight excluding hydrogens is 544 g/mol. The first kappa shape index (κ1) is 24.5. The fraction of sp³-hybridized carbons (Fsp3) is 0. The van der Waals surface area contributed by atoms with E-state index in [1.165, 1.54) is 76.2 Å². The molecule has 2 aromatic heterocycles. The lowest BCUT2D eigenvalue weighted by Crippen LogP contribution is -1.94. The van der Waals surface area contributed by atoms with Gasteiger partial charge in [0.1, 0.15) is 5.65 Å². The van der Waals surface area contributed by atoms with Crippen LogP contribution in [-0.2, 0) is 0 Å². The molecule has 0 N–H and O–H groups in total. The van der Waals surface area contributed by atoms with E-state index in [0.29, 0.717) is 0 Å². The summed E-state index contributed by atoms with van der Waals surface area (Å²) in [6, 6.07) is 57.3. The molecule has 0 saturated carbocycles. The van der Waals surface area contributed by atoms with Gasteiger partial charge in [0.2, 0.25) is 0 Å². The number of nitrogens with zero attached hydrogens (tertiary/aromatic N) is 2. The number of benzene rings is 8. The Morgan fingerprint density at radius 3 is 1.71 bits per heavy atom. The molecule has 10 rings (SSSR count). The molecule has 0 atom stereocenters. The lowest BCUT2D eigenvalue weighted by Gasteiger charge is -2.19. The van der Waals surface area contributed by atoms with Crippen molar-refractivity contribution < 1.29 is 0 Å². The van der Waals surface area contributed by atoms with Gasteiger partial charge in [-0.3, -0.25) is 4.40 Å². The second-order valence-electron chi connectivity index (χ2n) is 11.9. The van der Waals surface area contributed by atoms with Crippen LogP contribution < -0.4 is 0 Å². The van der Waals surface area contributed by atoms with Crippen LogP contribution in [0.15, 0.2) is 158 Å². The first-order chi connectivity index (χ1) is 22.3. The largest absolute Gasteiger partial charge is 0.292 e. The Bertz CT molecular complexity index is 2760. The maximum Gasteiger partial charge on any atom is 0.146 e. The van der Waals surface area contributed by atoms with Crippen molar-refractivity contribution in [1.29, 1.82) is 0 Å². The van der Waals surface area contributed by atoms with Crippen LogP contribution in [0.5, 0.6) is 0 Å². The van der Waals surface area contributed by atoms with E-state index < -0.39 is 0 Å². The molecule has 0 aliphatic heterocycles. The zero-order valence-electron chi connectivity index (χ0n) is 24.4. The average molecular weight is 571 g/mol. The third-order valence-electron chi connectivity index (χ3n) is 9.54. The highest BCUT2D eigenvalue weighted by Crippen LogP contribution is 2.46. The summed E-state index contributed by atoms with van der Waals surface area (Å²) >= 11 is 0. The van der Waals surface area contributed by atoms with E-state index in [-0.39, 0.29) is 0 Å². The third-order valence-corrected chi connectivity index (χ3v) is 9.54. The Kier molecular flexibility index (Phi) is 5.03. The summed E-state index contributed by atoms with van der Waals surface area (Å²) in [5.41, 5.74) is 9.32. The highest BCUT2D eigenvalue weighted by atomic mass is 15.0. The molecular formula is C43H26N2. The lowest BCUT2D eigenvalue weighted by molar-refractivity contribution is 1.32. The van der Waals surface area contributed by atoms with Crippen LogP contribution in [0.4, 0.5) is 0 Å². The quantitative estimate of drug-likeness (QED) is 0.149. The van der Waals surface area contributed by atoms with Crippen molar-refractivity contribution >= 4 is 70.7 Å². The number of para-hydroxylation sites is 2. The van der Waals surface area contributed by atoms with Gasteiger partial charge < -0.3 is 0 Å². The van der Waals surface area contributed by atoms with E-state index >= 15 is 0 Å². The monoisotopic (exact) mass is 570 g/mol. The Hall–Kier alpha value is -5.99. The van der Waals surface area contributed by atoms with Gasteiger partial charge in [0, 0.05) is 10.8 Å². The molecule has 0 aliphatic rings. The number of fused-ring (bicyclic) bond motifs is 11. The SMILES string of the molecule is c1ccc2c(-c3c4ccccc4c(-c4ccc5c6ccccc6c6nc7ccccc7n6c5c4)c4ccccc34)cccc2c1. The standard InChI is InChI=1S/C43H26N2/c1-2-14-29-27(12-1)13-11-21-32(29)42-35-18-6-4-16-33(35)41(34-17-5-7-19-36(34)42)28-24-25-31-30-15-3-8-20-37(30)43-44-38-22-9-10-23-39(38)45(43)40(31)26-28/h1-26H. The Morgan fingerprint density at radius 2 is 0.956 bits per heavy atom. The minimum absolute atomic E-state index is 0.998. The zero-order valence-corrected chi connectivity index (χ0v) is 24.4. The molecule has 10 aromatic rings. The summed E-state index contributed by atoms with van der Waals surface area (Å²) in [6.07, 6.45) is 0. The molecule has 8 aromatic carbocycles. The summed E-state index contributed by atoms with van der Waals surface area (Å²) in [5.74, 6) is 0. The van der Waals surface area contributed by atoms with Crippen LogP contribution in [0, 0.1) is 0 Å². The Labute approximate surface area is 259 Å². The van der Waals surface area contributed by atoms with Crippen LogP contribution in [0.2, 0.25) is 0 Å². The summed E-state index contributed by atoms with van der Waals surface area (Å²) in [5, 5.41) is 11.2. The van der Waals surface area contributed by atoms with Gasteiger partial charge in [-0.2, -0.15) is 0 Å². The number of hydrogen-bond acceptors (Lipinski definition) is 1. The van der Waals surface area contributed by atoms with E-state index in [9.17, 15) is 0 Å².